The lowest BCUT2D eigenvalue weighted by molar-refractivity contribution is 0.183. The summed E-state index contributed by atoms with van der Waals surface area (Å²) in [6.45, 7) is 4.06. The van der Waals surface area contributed by atoms with Crippen LogP contribution in [0.25, 0.3) is 22.1 Å². The molecule has 4 aromatic rings. The number of hydrogen-bond acceptors (Lipinski definition) is 4. The number of ether oxygens (including phenoxy) is 1. The van der Waals surface area contributed by atoms with Crippen LogP contribution in [-0.4, -0.2) is 31.1 Å². The summed E-state index contributed by atoms with van der Waals surface area (Å²) < 4.78 is 11.6. The topological polar surface area (TPSA) is 42.7 Å². The molecule has 0 radical (unpaired) electrons. The van der Waals surface area contributed by atoms with Crippen LogP contribution < -0.4 is 10.4 Å². The fraction of sp³-hybridized carbons (Fsp3) is 0.276. The summed E-state index contributed by atoms with van der Waals surface area (Å²) >= 11 is 0. The zero-order chi connectivity index (χ0) is 22.5. The highest BCUT2D eigenvalue weighted by Gasteiger charge is 2.17. The number of fused-ring (bicyclic) bond motifs is 1. The van der Waals surface area contributed by atoms with E-state index in [1.54, 1.807) is 0 Å². The molecule has 0 bridgehead atoms. The molecule has 5 rings (SSSR count). The molecule has 0 amide bonds. The molecule has 168 valence electrons. The first-order valence-corrected chi connectivity index (χ1v) is 11.8. The molecule has 2 heterocycles. The Morgan fingerprint density at radius 2 is 1.55 bits per heavy atom. The second-order valence-corrected chi connectivity index (χ2v) is 8.68. The fourth-order valence-electron chi connectivity index (χ4n) is 4.68. The quantitative estimate of drug-likeness (QED) is 0.336. The van der Waals surface area contributed by atoms with E-state index in [2.05, 4.69) is 17.0 Å². The van der Waals surface area contributed by atoms with Gasteiger partial charge in [0.2, 0.25) is 0 Å². The Hall–Kier alpha value is -3.37. The number of para-hydroxylation sites is 1. The van der Waals surface area contributed by atoms with Gasteiger partial charge in [-0.15, -0.1) is 0 Å². The van der Waals surface area contributed by atoms with E-state index in [1.807, 2.05) is 66.7 Å². The van der Waals surface area contributed by atoms with E-state index in [1.165, 1.54) is 32.4 Å². The molecule has 4 nitrogen and oxygen atoms in total. The molecular formula is C29H29NO3. The van der Waals surface area contributed by atoms with Gasteiger partial charge in [0.05, 0.1) is 5.56 Å². The summed E-state index contributed by atoms with van der Waals surface area (Å²) in [4.78, 5) is 15.4. The van der Waals surface area contributed by atoms with Gasteiger partial charge in [0.1, 0.15) is 17.9 Å². The average Bonchev–Trinajstić information content (AvgIpc) is 2.86. The molecule has 0 atom stereocenters. The predicted octanol–water partition coefficient (Wildman–Crippen LogP) is 5.92. The van der Waals surface area contributed by atoms with E-state index in [-0.39, 0.29) is 5.63 Å². The first-order chi connectivity index (χ1) is 16.3. The average molecular weight is 440 g/mol. The van der Waals surface area contributed by atoms with Crippen molar-refractivity contribution >= 4 is 11.0 Å². The lowest BCUT2D eigenvalue weighted by atomic mass is 9.93. The monoisotopic (exact) mass is 439 g/mol. The second kappa shape index (κ2) is 10.1. The van der Waals surface area contributed by atoms with Crippen molar-refractivity contribution in [2.45, 2.75) is 25.7 Å². The highest BCUT2D eigenvalue weighted by atomic mass is 16.5. The molecule has 1 fully saturated rings. The maximum absolute atomic E-state index is 13.0. The molecule has 0 spiro atoms. The Labute approximate surface area is 194 Å². The van der Waals surface area contributed by atoms with E-state index in [0.29, 0.717) is 24.2 Å². The standard InChI is InChI=1S/C29H29NO3/c31-29-28(23-9-3-1-4-10-23)26(25-11-5-6-12-27(25)33-29)21-22-13-15-24(16-14-22)32-20-19-30-17-7-2-8-18-30/h1,3-6,9-16H,2,7-8,17-21H2. The predicted molar refractivity (Wildman–Crippen MR) is 133 cm³/mol. The molecule has 0 aliphatic carbocycles. The SMILES string of the molecule is O=c1oc2ccccc2c(Cc2ccc(OCCN3CCCCC3)cc2)c1-c1ccccc1. The van der Waals surface area contributed by atoms with Gasteiger partial charge >= 0.3 is 5.63 Å². The van der Waals surface area contributed by atoms with Crippen LogP contribution in [0.15, 0.2) is 88.1 Å². The van der Waals surface area contributed by atoms with Crippen LogP contribution >= 0.6 is 0 Å². The minimum atomic E-state index is -0.299. The number of benzene rings is 3. The van der Waals surface area contributed by atoms with Crippen molar-refractivity contribution in [1.82, 2.24) is 4.90 Å². The third-order valence-electron chi connectivity index (χ3n) is 6.41. The lowest BCUT2D eigenvalue weighted by Crippen LogP contribution is -2.33. The molecule has 1 aromatic heterocycles. The minimum Gasteiger partial charge on any atom is -0.492 e. The van der Waals surface area contributed by atoms with Gasteiger partial charge in [-0.25, -0.2) is 4.79 Å². The highest BCUT2D eigenvalue weighted by molar-refractivity contribution is 5.87. The number of nitrogens with zero attached hydrogens (tertiary/aromatic N) is 1. The molecule has 0 unspecified atom stereocenters. The molecule has 0 N–H and O–H groups in total. The molecule has 0 saturated carbocycles. The first kappa shape index (κ1) is 21.5. The smallest absolute Gasteiger partial charge is 0.344 e. The van der Waals surface area contributed by atoms with Gasteiger partial charge in [-0.3, -0.25) is 4.90 Å². The summed E-state index contributed by atoms with van der Waals surface area (Å²) in [7, 11) is 0. The van der Waals surface area contributed by atoms with Gasteiger partial charge in [0.15, 0.2) is 0 Å². The Bertz CT molecular complexity index is 1260. The highest BCUT2D eigenvalue weighted by Crippen LogP contribution is 2.29. The second-order valence-electron chi connectivity index (χ2n) is 8.68. The van der Waals surface area contributed by atoms with Crippen LogP contribution in [0.1, 0.15) is 30.4 Å². The molecule has 4 heteroatoms. The van der Waals surface area contributed by atoms with Crippen LogP contribution in [0.2, 0.25) is 0 Å². The maximum atomic E-state index is 13.0. The third kappa shape index (κ3) is 5.01. The summed E-state index contributed by atoms with van der Waals surface area (Å²) in [6, 6.07) is 25.8. The summed E-state index contributed by atoms with van der Waals surface area (Å²) in [6.07, 6.45) is 4.59. The third-order valence-corrected chi connectivity index (χ3v) is 6.41. The van der Waals surface area contributed by atoms with Crippen LogP contribution in [-0.2, 0) is 6.42 Å². The molecule has 33 heavy (non-hydrogen) atoms. The molecule has 1 aliphatic heterocycles. The van der Waals surface area contributed by atoms with Crippen molar-refractivity contribution in [2.24, 2.45) is 0 Å². The van der Waals surface area contributed by atoms with Crippen LogP contribution in [0, 0.1) is 0 Å². The van der Waals surface area contributed by atoms with Crippen LogP contribution in [0.3, 0.4) is 0 Å². The number of hydrogen-bond donors (Lipinski definition) is 0. The zero-order valence-corrected chi connectivity index (χ0v) is 18.8. The van der Waals surface area contributed by atoms with Crippen molar-refractivity contribution in [3.8, 4) is 16.9 Å². The summed E-state index contributed by atoms with van der Waals surface area (Å²) in [5.41, 5.74) is 3.96. The normalized spacial score (nSPS) is 14.4. The van der Waals surface area contributed by atoms with E-state index in [0.717, 1.165) is 34.4 Å². The number of piperidine rings is 1. The van der Waals surface area contributed by atoms with Crippen molar-refractivity contribution in [1.29, 1.82) is 0 Å². The lowest BCUT2D eigenvalue weighted by Gasteiger charge is -2.26. The fourth-order valence-corrected chi connectivity index (χ4v) is 4.68. The zero-order valence-electron chi connectivity index (χ0n) is 18.8. The van der Waals surface area contributed by atoms with Gasteiger partial charge in [0, 0.05) is 11.9 Å². The molecule has 1 aliphatic rings. The number of likely N-dealkylation sites (tertiary alicyclic amines) is 1. The summed E-state index contributed by atoms with van der Waals surface area (Å²) in [5, 5.41) is 0.970. The minimum absolute atomic E-state index is 0.299. The van der Waals surface area contributed by atoms with E-state index in [9.17, 15) is 4.79 Å². The van der Waals surface area contributed by atoms with Crippen molar-refractivity contribution in [2.75, 3.05) is 26.2 Å². The number of rotatable bonds is 7. The van der Waals surface area contributed by atoms with Crippen LogP contribution in [0.4, 0.5) is 0 Å². The molecule has 1 saturated heterocycles. The van der Waals surface area contributed by atoms with Gasteiger partial charge < -0.3 is 9.15 Å². The van der Waals surface area contributed by atoms with Gasteiger partial charge in [0.25, 0.3) is 0 Å². The van der Waals surface area contributed by atoms with Crippen molar-refractivity contribution in [3.63, 3.8) is 0 Å². The Balaban J connectivity index is 1.38. The largest absolute Gasteiger partial charge is 0.492 e. The van der Waals surface area contributed by atoms with Gasteiger partial charge in [-0.1, -0.05) is 67.1 Å². The van der Waals surface area contributed by atoms with Crippen LogP contribution in [0.5, 0.6) is 5.75 Å². The Kier molecular flexibility index (Phi) is 6.54. The van der Waals surface area contributed by atoms with Crippen molar-refractivity contribution in [3.05, 3.63) is 100 Å². The summed E-state index contributed by atoms with van der Waals surface area (Å²) in [5.74, 6) is 0.886. The Morgan fingerprint density at radius 3 is 2.33 bits per heavy atom. The molecular weight excluding hydrogens is 410 g/mol. The van der Waals surface area contributed by atoms with E-state index in [4.69, 9.17) is 9.15 Å². The maximum Gasteiger partial charge on any atom is 0.344 e. The molecule has 3 aromatic carbocycles. The van der Waals surface area contributed by atoms with E-state index >= 15 is 0 Å². The Morgan fingerprint density at radius 1 is 0.818 bits per heavy atom. The van der Waals surface area contributed by atoms with Gasteiger partial charge in [-0.2, -0.15) is 0 Å². The van der Waals surface area contributed by atoms with Gasteiger partial charge in [-0.05, 0) is 67.2 Å². The first-order valence-electron chi connectivity index (χ1n) is 11.8. The van der Waals surface area contributed by atoms with E-state index < -0.39 is 0 Å². The van der Waals surface area contributed by atoms with Crippen molar-refractivity contribution < 1.29 is 9.15 Å².